The SMILES string of the molecule is S=C=NC1=C(N=C=S)SCS1. The van der Waals surface area contributed by atoms with E-state index in [2.05, 4.69) is 44.7 Å². The van der Waals surface area contributed by atoms with Crippen LogP contribution in [0.1, 0.15) is 0 Å². The topological polar surface area (TPSA) is 24.7 Å². The third-order valence-corrected chi connectivity index (χ3v) is 3.24. The Hall–Kier alpha value is 0.0400. The van der Waals surface area contributed by atoms with Crippen molar-refractivity contribution in [2.45, 2.75) is 0 Å². The second kappa shape index (κ2) is 4.83. The number of rotatable bonds is 2. The summed E-state index contributed by atoms with van der Waals surface area (Å²) in [7, 11) is 0. The average Bonchev–Trinajstić information content (AvgIpc) is 2.39. The van der Waals surface area contributed by atoms with Crippen molar-refractivity contribution in [3.63, 3.8) is 0 Å². The van der Waals surface area contributed by atoms with Gasteiger partial charge in [-0.2, -0.15) is 9.98 Å². The van der Waals surface area contributed by atoms with Crippen molar-refractivity contribution >= 4 is 58.3 Å². The lowest BCUT2D eigenvalue weighted by Gasteiger charge is -1.86. The fraction of sp³-hybridized carbons (Fsp3) is 0.200. The van der Waals surface area contributed by atoms with Gasteiger partial charge in [0.1, 0.15) is 10.1 Å². The van der Waals surface area contributed by atoms with Crippen LogP contribution in [-0.4, -0.2) is 15.4 Å². The van der Waals surface area contributed by atoms with Gasteiger partial charge < -0.3 is 0 Å². The first-order valence-electron chi connectivity index (χ1n) is 2.54. The lowest BCUT2D eigenvalue weighted by atomic mass is 10.9. The van der Waals surface area contributed by atoms with Crippen LogP contribution in [0.25, 0.3) is 0 Å². The molecule has 0 aromatic carbocycles. The minimum Gasteiger partial charge on any atom is -0.185 e. The van der Waals surface area contributed by atoms with E-state index in [9.17, 15) is 0 Å². The van der Waals surface area contributed by atoms with Crippen LogP contribution in [0.4, 0.5) is 0 Å². The Labute approximate surface area is 83.3 Å². The van der Waals surface area contributed by atoms with Gasteiger partial charge in [0, 0.05) is 0 Å². The second-order valence-electron chi connectivity index (χ2n) is 1.42. The highest BCUT2D eigenvalue weighted by atomic mass is 32.2. The summed E-state index contributed by atoms with van der Waals surface area (Å²) < 4.78 is 0. The molecule has 0 saturated heterocycles. The highest BCUT2D eigenvalue weighted by Gasteiger charge is 2.14. The normalized spacial score (nSPS) is 15.6. The highest BCUT2D eigenvalue weighted by Crippen LogP contribution is 2.40. The van der Waals surface area contributed by atoms with Gasteiger partial charge in [-0.1, -0.05) is 23.5 Å². The van der Waals surface area contributed by atoms with Crippen LogP contribution >= 0.6 is 48.0 Å². The molecule has 1 aliphatic rings. The van der Waals surface area contributed by atoms with Crippen molar-refractivity contribution < 1.29 is 0 Å². The monoisotopic (exact) mass is 218 g/mol. The van der Waals surface area contributed by atoms with E-state index in [1.165, 1.54) is 0 Å². The first-order valence-corrected chi connectivity index (χ1v) is 5.33. The Morgan fingerprint density at radius 1 is 1.09 bits per heavy atom. The number of isothiocyanates is 2. The minimum absolute atomic E-state index is 0.794. The fourth-order valence-electron chi connectivity index (χ4n) is 0.508. The molecule has 0 amide bonds. The molecule has 0 N–H and O–H groups in total. The van der Waals surface area contributed by atoms with Gasteiger partial charge in [0.2, 0.25) is 0 Å². The van der Waals surface area contributed by atoms with E-state index in [0.29, 0.717) is 0 Å². The highest BCUT2D eigenvalue weighted by molar-refractivity contribution is 8.22. The van der Waals surface area contributed by atoms with Crippen molar-refractivity contribution in [3.05, 3.63) is 10.1 Å². The Morgan fingerprint density at radius 3 is 1.91 bits per heavy atom. The molecule has 0 atom stereocenters. The third-order valence-electron chi connectivity index (χ3n) is 0.869. The van der Waals surface area contributed by atoms with Crippen molar-refractivity contribution in [1.82, 2.24) is 0 Å². The summed E-state index contributed by atoms with van der Waals surface area (Å²) in [4.78, 5) is 7.66. The summed E-state index contributed by atoms with van der Waals surface area (Å²) in [6.45, 7) is 0. The van der Waals surface area contributed by atoms with Crippen molar-refractivity contribution in [3.8, 4) is 0 Å². The summed E-state index contributed by atoms with van der Waals surface area (Å²) in [6, 6.07) is 0. The predicted octanol–water partition coefficient (Wildman–Crippen LogP) is 2.76. The maximum atomic E-state index is 4.46. The van der Waals surface area contributed by atoms with Gasteiger partial charge in [0.05, 0.1) is 15.4 Å². The van der Waals surface area contributed by atoms with Gasteiger partial charge in [0.25, 0.3) is 0 Å². The summed E-state index contributed by atoms with van der Waals surface area (Å²) in [5, 5.41) is 7.08. The van der Waals surface area contributed by atoms with E-state index >= 15 is 0 Å². The number of aliphatic imine (C=N–C) groups is 2. The molecule has 0 unspecified atom stereocenters. The summed E-state index contributed by atoms with van der Waals surface area (Å²) >= 11 is 12.1. The molecule has 0 aromatic rings. The summed E-state index contributed by atoms with van der Waals surface area (Å²) in [5.74, 6) is 0. The molecular weight excluding hydrogens is 216 g/mol. The Bertz CT molecular complexity index is 255. The molecule has 0 radical (unpaired) electrons. The van der Waals surface area contributed by atoms with Crippen LogP contribution in [-0.2, 0) is 0 Å². The molecule has 1 rings (SSSR count). The lowest BCUT2D eigenvalue weighted by Crippen LogP contribution is -1.68. The van der Waals surface area contributed by atoms with Gasteiger partial charge in [0.15, 0.2) is 0 Å². The average molecular weight is 218 g/mol. The third kappa shape index (κ3) is 2.52. The van der Waals surface area contributed by atoms with E-state index in [1.807, 2.05) is 0 Å². The van der Waals surface area contributed by atoms with Crippen LogP contribution in [0.2, 0.25) is 0 Å². The molecule has 2 nitrogen and oxygen atoms in total. The zero-order valence-electron chi connectivity index (χ0n) is 5.23. The quantitative estimate of drug-likeness (QED) is 0.525. The van der Waals surface area contributed by atoms with Gasteiger partial charge in [-0.25, -0.2) is 0 Å². The fourth-order valence-corrected chi connectivity index (χ4v) is 2.85. The molecule has 0 fully saturated rings. The van der Waals surface area contributed by atoms with E-state index < -0.39 is 0 Å². The van der Waals surface area contributed by atoms with Gasteiger partial charge >= 0.3 is 0 Å². The van der Waals surface area contributed by atoms with Crippen molar-refractivity contribution in [2.24, 2.45) is 9.98 Å². The van der Waals surface area contributed by atoms with Crippen LogP contribution in [0.5, 0.6) is 0 Å². The molecule has 1 aliphatic heterocycles. The number of thiocarbonyl (C=S) groups is 2. The summed E-state index contributed by atoms with van der Waals surface area (Å²) in [5.41, 5.74) is 0. The van der Waals surface area contributed by atoms with Crippen LogP contribution in [0, 0.1) is 0 Å². The molecule has 0 spiro atoms. The predicted molar refractivity (Wildman–Crippen MR) is 57.1 cm³/mol. The molecule has 56 valence electrons. The maximum absolute atomic E-state index is 4.46. The molecule has 0 bridgehead atoms. The smallest absolute Gasteiger partial charge is 0.141 e. The number of thioether (sulfide) groups is 2. The lowest BCUT2D eigenvalue weighted by molar-refractivity contribution is 1.45. The van der Waals surface area contributed by atoms with Crippen LogP contribution < -0.4 is 0 Å². The van der Waals surface area contributed by atoms with E-state index in [1.54, 1.807) is 23.5 Å². The molecule has 1 heterocycles. The zero-order chi connectivity index (χ0) is 8.10. The molecule has 11 heavy (non-hydrogen) atoms. The Kier molecular flexibility index (Phi) is 4.01. The Balaban J connectivity index is 2.94. The molecular formula is C5H2N2S4. The molecule has 0 aromatic heterocycles. The van der Waals surface area contributed by atoms with E-state index in [0.717, 1.165) is 15.1 Å². The molecule has 0 aliphatic carbocycles. The van der Waals surface area contributed by atoms with Crippen LogP contribution in [0.15, 0.2) is 20.0 Å². The summed E-state index contributed by atoms with van der Waals surface area (Å²) in [6.07, 6.45) is 0. The second-order valence-corrected chi connectivity index (χ2v) is 4.08. The first-order chi connectivity index (χ1) is 5.38. The van der Waals surface area contributed by atoms with Crippen molar-refractivity contribution in [1.29, 1.82) is 0 Å². The molecule has 6 heteroatoms. The van der Waals surface area contributed by atoms with Gasteiger partial charge in [-0.05, 0) is 24.4 Å². The standard InChI is InChI=1S/C5H2N2S4/c8-1-6-4-5(7-2-9)11-3-10-4/h3H2. The van der Waals surface area contributed by atoms with Crippen molar-refractivity contribution in [2.75, 3.05) is 5.08 Å². The minimum atomic E-state index is 0.794. The Morgan fingerprint density at radius 2 is 1.55 bits per heavy atom. The maximum Gasteiger partial charge on any atom is 0.141 e. The van der Waals surface area contributed by atoms with E-state index in [-0.39, 0.29) is 0 Å². The number of hydrogen-bond donors (Lipinski definition) is 0. The first kappa shape index (κ1) is 9.13. The largest absolute Gasteiger partial charge is 0.185 e. The number of hydrogen-bond acceptors (Lipinski definition) is 6. The molecule has 0 saturated carbocycles. The van der Waals surface area contributed by atoms with Gasteiger partial charge in [-0.3, -0.25) is 0 Å². The van der Waals surface area contributed by atoms with E-state index in [4.69, 9.17) is 0 Å². The van der Waals surface area contributed by atoms with Gasteiger partial charge in [-0.15, -0.1) is 0 Å². The zero-order valence-corrected chi connectivity index (χ0v) is 8.50. The van der Waals surface area contributed by atoms with Crippen LogP contribution in [0.3, 0.4) is 0 Å². The number of nitrogens with zero attached hydrogens (tertiary/aromatic N) is 2.